The Morgan fingerprint density at radius 2 is 1.77 bits per heavy atom. The van der Waals surface area contributed by atoms with Crippen LogP contribution < -0.4 is 15.7 Å². The van der Waals surface area contributed by atoms with Gasteiger partial charge in [-0.25, -0.2) is 4.79 Å². The van der Waals surface area contributed by atoms with Gasteiger partial charge in [0.05, 0.1) is 19.8 Å². The van der Waals surface area contributed by atoms with Gasteiger partial charge in [-0.15, -0.1) is 0 Å². The summed E-state index contributed by atoms with van der Waals surface area (Å²) in [6.07, 6.45) is 0. The highest BCUT2D eigenvalue weighted by atomic mass is 31.2. The smallest absolute Gasteiger partial charge is 0.368 e. The maximum absolute atomic E-state index is 12.8. The van der Waals surface area contributed by atoms with Crippen molar-refractivity contribution in [1.29, 1.82) is 0 Å². The fourth-order valence-corrected chi connectivity index (χ4v) is 3.68. The molecule has 0 saturated heterocycles. The third-order valence-corrected chi connectivity index (χ3v) is 5.00. The van der Waals surface area contributed by atoms with Gasteiger partial charge in [-0.2, -0.15) is 0 Å². The number of ether oxygens (including phenoxy) is 1. The Kier molecular flexibility index (Phi) is 5.40. The molecule has 0 radical (unpaired) electrons. The van der Waals surface area contributed by atoms with Crippen LogP contribution in [0.15, 0.2) is 33.5 Å². The highest BCUT2D eigenvalue weighted by Gasteiger charge is 2.31. The number of rotatable bonds is 7. The lowest BCUT2D eigenvalue weighted by atomic mass is 10.2. The van der Waals surface area contributed by atoms with E-state index in [2.05, 4.69) is 0 Å². The van der Waals surface area contributed by atoms with Crippen LogP contribution in [-0.2, 0) is 13.6 Å². The van der Waals surface area contributed by atoms with E-state index in [4.69, 9.17) is 18.2 Å². The first-order valence-electron chi connectivity index (χ1n) is 7.15. The Labute approximate surface area is 128 Å². The Morgan fingerprint density at radius 3 is 2.36 bits per heavy atom. The highest BCUT2D eigenvalue weighted by molar-refractivity contribution is 7.62. The zero-order valence-electron chi connectivity index (χ0n) is 12.8. The molecule has 7 heteroatoms. The average molecular weight is 326 g/mol. The average Bonchev–Trinajstić information content (AvgIpc) is 2.48. The molecular weight excluding hydrogens is 307 g/mol. The molecule has 0 N–H and O–H groups in total. The first-order valence-corrected chi connectivity index (χ1v) is 8.69. The lowest BCUT2D eigenvalue weighted by molar-refractivity contribution is 0.229. The summed E-state index contributed by atoms with van der Waals surface area (Å²) in [5.41, 5.74) is -0.428. The van der Waals surface area contributed by atoms with Gasteiger partial charge >= 0.3 is 13.2 Å². The minimum Gasteiger partial charge on any atom is -0.490 e. The van der Waals surface area contributed by atoms with Crippen LogP contribution in [0.25, 0.3) is 11.0 Å². The molecule has 22 heavy (non-hydrogen) atoms. The summed E-state index contributed by atoms with van der Waals surface area (Å²) in [6.45, 7) is 5.97. The first kappa shape index (κ1) is 16.7. The molecule has 0 saturated carbocycles. The number of fused-ring (bicyclic) bond motifs is 1. The summed E-state index contributed by atoms with van der Waals surface area (Å²) in [4.78, 5) is 12.2. The van der Waals surface area contributed by atoms with Crippen molar-refractivity contribution in [1.82, 2.24) is 0 Å². The first-order chi connectivity index (χ1) is 10.6. The Morgan fingerprint density at radius 1 is 1.09 bits per heavy atom. The fourth-order valence-electron chi connectivity index (χ4n) is 2.08. The Hall–Kier alpha value is -1.62. The second-order valence-corrected chi connectivity index (χ2v) is 6.35. The molecule has 0 atom stereocenters. The van der Waals surface area contributed by atoms with Gasteiger partial charge in [0.1, 0.15) is 0 Å². The van der Waals surface area contributed by atoms with Crippen molar-refractivity contribution in [2.24, 2.45) is 0 Å². The van der Waals surface area contributed by atoms with Crippen molar-refractivity contribution >= 4 is 23.9 Å². The maximum Gasteiger partial charge on any atom is 0.368 e. The summed E-state index contributed by atoms with van der Waals surface area (Å²) in [5.74, 6) is 0.464. The zero-order chi connectivity index (χ0) is 16.2. The van der Waals surface area contributed by atoms with Gasteiger partial charge in [0.15, 0.2) is 16.6 Å². The minimum absolute atomic E-state index is 0.0997. The van der Waals surface area contributed by atoms with Crippen molar-refractivity contribution in [2.75, 3.05) is 19.8 Å². The van der Waals surface area contributed by atoms with Crippen molar-refractivity contribution in [2.45, 2.75) is 20.8 Å². The normalized spacial score (nSPS) is 11.8. The molecule has 1 heterocycles. The van der Waals surface area contributed by atoms with Crippen molar-refractivity contribution in [3.05, 3.63) is 34.7 Å². The van der Waals surface area contributed by atoms with Gasteiger partial charge in [-0.3, -0.25) is 4.57 Å². The molecule has 2 aromatic rings. The molecule has 0 aliphatic rings. The SMILES string of the molecule is CCOc1cccc2cc(P(=O)(OCC)OCC)c(=O)oc12. The number of para-hydroxylation sites is 1. The van der Waals surface area contributed by atoms with Crippen molar-refractivity contribution in [3.63, 3.8) is 0 Å². The molecular formula is C15H19O6P. The lowest BCUT2D eigenvalue weighted by Gasteiger charge is -2.16. The summed E-state index contributed by atoms with van der Waals surface area (Å²) >= 11 is 0. The van der Waals surface area contributed by atoms with E-state index in [1.807, 2.05) is 6.92 Å². The highest BCUT2D eigenvalue weighted by Crippen LogP contribution is 2.46. The molecule has 0 aliphatic heterocycles. The number of hydrogen-bond acceptors (Lipinski definition) is 6. The van der Waals surface area contributed by atoms with Crippen LogP contribution in [0.4, 0.5) is 0 Å². The summed E-state index contributed by atoms with van der Waals surface area (Å²) in [6, 6.07) is 6.70. The van der Waals surface area contributed by atoms with Gasteiger partial charge in [0.25, 0.3) is 0 Å². The molecule has 0 spiro atoms. The van der Waals surface area contributed by atoms with E-state index in [0.717, 1.165) is 0 Å². The summed E-state index contributed by atoms with van der Waals surface area (Å²) < 4.78 is 33.9. The van der Waals surface area contributed by atoms with Gasteiger partial charge in [-0.1, -0.05) is 12.1 Å². The van der Waals surface area contributed by atoms with E-state index < -0.39 is 13.2 Å². The van der Waals surface area contributed by atoms with Crippen LogP contribution in [0.5, 0.6) is 5.75 Å². The molecule has 2 rings (SSSR count). The van der Waals surface area contributed by atoms with Crippen LogP contribution in [0.2, 0.25) is 0 Å². The van der Waals surface area contributed by atoms with E-state index in [-0.39, 0.29) is 18.5 Å². The van der Waals surface area contributed by atoms with Gasteiger partial charge in [-0.05, 0) is 32.9 Å². The van der Waals surface area contributed by atoms with Crippen LogP contribution in [-0.4, -0.2) is 19.8 Å². The molecule has 120 valence electrons. The predicted octanol–water partition coefficient (Wildman–Crippen LogP) is 3.08. The van der Waals surface area contributed by atoms with E-state index >= 15 is 0 Å². The third-order valence-electron chi connectivity index (χ3n) is 2.90. The van der Waals surface area contributed by atoms with Crippen molar-refractivity contribution < 1.29 is 22.8 Å². The molecule has 0 aliphatic carbocycles. The van der Waals surface area contributed by atoms with Crippen LogP contribution in [0.3, 0.4) is 0 Å². The number of hydrogen-bond donors (Lipinski definition) is 0. The van der Waals surface area contributed by atoms with Crippen molar-refractivity contribution in [3.8, 4) is 5.75 Å². The van der Waals surface area contributed by atoms with Gasteiger partial charge < -0.3 is 18.2 Å². The second-order valence-electron chi connectivity index (χ2n) is 4.36. The van der Waals surface area contributed by atoms with E-state index in [1.165, 1.54) is 6.07 Å². The second kappa shape index (κ2) is 7.09. The molecule has 1 aromatic heterocycles. The quantitative estimate of drug-likeness (QED) is 0.575. The zero-order valence-corrected chi connectivity index (χ0v) is 13.7. The molecule has 0 fully saturated rings. The van der Waals surface area contributed by atoms with Crippen LogP contribution in [0, 0.1) is 0 Å². The van der Waals surface area contributed by atoms with E-state index in [1.54, 1.807) is 32.0 Å². The van der Waals surface area contributed by atoms with E-state index in [0.29, 0.717) is 23.3 Å². The monoisotopic (exact) mass is 326 g/mol. The molecule has 6 nitrogen and oxygen atoms in total. The van der Waals surface area contributed by atoms with Crippen LogP contribution in [0.1, 0.15) is 20.8 Å². The maximum atomic E-state index is 12.8. The molecule has 0 unspecified atom stereocenters. The largest absolute Gasteiger partial charge is 0.490 e. The molecule has 0 amide bonds. The van der Waals surface area contributed by atoms with Crippen LogP contribution >= 0.6 is 7.60 Å². The molecule has 0 bridgehead atoms. The van der Waals surface area contributed by atoms with Gasteiger partial charge in [0.2, 0.25) is 0 Å². The Bertz CT molecular complexity index is 741. The third kappa shape index (κ3) is 3.24. The lowest BCUT2D eigenvalue weighted by Crippen LogP contribution is -2.26. The minimum atomic E-state index is -3.69. The number of benzene rings is 1. The topological polar surface area (TPSA) is 75.0 Å². The fraction of sp³-hybridized carbons (Fsp3) is 0.400. The van der Waals surface area contributed by atoms with E-state index in [9.17, 15) is 9.36 Å². The Balaban J connectivity index is 2.64. The standard InChI is InChI=1S/C15H19O6P/c1-4-18-12-9-7-8-11-10-13(15(16)21-14(11)12)22(17,19-5-2)20-6-3/h7-10H,4-6H2,1-3H3. The molecule has 1 aromatic carbocycles. The van der Waals surface area contributed by atoms with Gasteiger partial charge in [0, 0.05) is 5.39 Å². The summed E-state index contributed by atoms with van der Waals surface area (Å²) in [5, 5.41) is 0.498. The predicted molar refractivity (Wildman–Crippen MR) is 84.1 cm³/mol. The summed E-state index contributed by atoms with van der Waals surface area (Å²) in [7, 11) is -3.69.